The fraction of sp³-hybridized carbons (Fsp3) is 0.235. The van der Waals surface area contributed by atoms with Gasteiger partial charge in [-0.05, 0) is 65.9 Å². The molecule has 0 saturated heterocycles. The maximum Gasteiger partial charge on any atom is 0.423 e. The number of carbonyl (C=O) groups is 1. The Labute approximate surface area is 170 Å². The molecule has 1 atom stereocenters. The molecule has 2 aromatic rings. The average molecular weight is 510 g/mol. The lowest BCUT2D eigenvalue weighted by Gasteiger charge is -2.23. The van der Waals surface area contributed by atoms with Crippen molar-refractivity contribution in [3.63, 3.8) is 0 Å². The normalized spacial score (nSPS) is 13.5. The number of nitrogens with one attached hydrogen (secondary N) is 1. The minimum Gasteiger partial charge on any atom is -0.490 e. The van der Waals surface area contributed by atoms with Crippen molar-refractivity contribution < 1.29 is 32.7 Å². The lowest BCUT2D eigenvalue weighted by Crippen LogP contribution is -2.45. The predicted molar refractivity (Wildman–Crippen MR) is 102 cm³/mol. The zero-order chi connectivity index (χ0) is 21.1. The van der Waals surface area contributed by atoms with E-state index in [4.69, 9.17) is 4.74 Å². The van der Waals surface area contributed by atoms with E-state index in [2.05, 4.69) is 27.9 Å². The first-order valence-electron chi connectivity index (χ1n) is 7.68. The highest BCUT2D eigenvalue weighted by Crippen LogP contribution is 2.37. The summed E-state index contributed by atoms with van der Waals surface area (Å²) >= 11 is 2.09. The molecule has 0 aliphatic heterocycles. The van der Waals surface area contributed by atoms with Gasteiger partial charge in [0.2, 0.25) is 0 Å². The molecule has 1 amide bonds. The van der Waals surface area contributed by atoms with E-state index >= 15 is 0 Å². The average Bonchev–Trinajstić information content (AvgIpc) is 2.60. The minimum atomic E-state index is -4.99. The van der Waals surface area contributed by atoms with Crippen LogP contribution in [0.2, 0.25) is 0 Å². The second-order valence-corrected chi connectivity index (χ2v) is 7.20. The summed E-state index contributed by atoms with van der Waals surface area (Å²) in [4.78, 5) is 21.8. The number of benzene rings is 2. The number of nitrogens with zero attached hydrogens (tertiary/aromatic N) is 1. The van der Waals surface area contributed by atoms with E-state index in [0.29, 0.717) is 17.9 Å². The van der Waals surface area contributed by atoms with E-state index in [9.17, 15) is 33.2 Å². The van der Waals surface area contributed by atoms with Crippen molar-refractivity contribution in [2.24, 2.45) is 0 Å². The molecule has 0 aliphatic carbocycles. The third-order valence-electron chi connectivity index (χ3n) is 3.58. The van der Waals surface area contributed by atoms with E-state index in [-0.39, 0.29) is 5.69 Å². The van der Waals surface area contributed by atoms with Gasteiger partial charge in [0.25, 0.3) is 11.6 Å². The zero-order valence-corrected chi connectivity index (χ0v) is 16.4. The van der Waals surface area contributed by atoms with Crippen LogP contribution in [-0.4, -0.2) is 28.1 Å². The second-order valence-electron chi connectivity index (χ2n) is 5.96. The molecule has 0 aromatic heterocycles. The molecule has 11 heteroatoms. The Morgan fingerprint density at radius 1 is 1.25 bits per heavy atom. The van der Waals surface area contributed by atoms with Crippen molar-refractivity contribution in [3.05, 3.63) is 61.7 Å². The van der Waals surface area contributed by atoms with Gasteiger partial charge in [-0.1, -0.05) is 0 Å². The van der Waals surface area contributed by atoms with Gasteiger partial charge < -0.3 is 15.2 Å². The third-order valence-corrected chi connectivity index (χ3v) is 4.30. The quantitative estimate of drug-likeness (QED) is 0.348. The molecule has 0 unspecified atom stereocenters. The first-order chi connectivity index (χ1) is 12.9. The third kappa shape index (κ3) is 5.55. The monoisotopic (exact) mass is 510 g/mol. The number of aliphatic hydroxyl groups is 1. The van der Waals surface area contributed by atoms with E-state index < -0.39 is 40.5 Å². The van der Waals surface area contributed by atoms with Crippen LogP contribution in [0.15, 0.2) is 42.5 Å². The van der Waals surface area contributed by atoms with Crippen LogP contribution in [-0.2, 0) is 11.0 Å². The van der Waals surface area contributed by atoms with Crippen molar-refractivity contribution in [1.82, 2.24) is 0 Å². The maximum absolute atomic E-state index is 13.0. The van der Waals surface area contributed by atoms with Gasteiger partial charge in [-0.15, -0.1) is 0 Å². The van der Waals surface area contributed by atoms with E-state index in [1.54, 1.807) is 24.3 Å². The summed E-state index contributed by atoms with van der Waals surface area (Å²) in [6.07, 6.45) is -4.99. The van der Waals surface area contributed by atoms with Crippen LogP contribution in [0, 0.1) is 13.7 Å². The molecule has 28 heavy (non-hydrogen) atoms. The Morgan fingerprint density at radius 2 is 1.86 bits per heavy atom. The molecule has 0 bridgehead atoms. The summed E-state index contributed by atoms with van der Waals surface area (Å²) in [6, 6.07) is 8.77. The Morgan fingerprint density at radius 3 is 2.39 bits per heavy atom. The molecule has 2 N–H and O–H groups in total. The molecule has 7 nitrogen and oxygen atoms in total. The van der Waals surface area contributed by atoms with Crippen molar-refractivity contribution in [2.75, 3.05) is 11.9 Å². The number of nitro benzene ring substituents is 1. The molecule has 150 valence electrons. The van der Waals surface area contributed by atoms with Crippen molar-refractivity contribution >= 4 is 39.9 Å². The predicted octanol–water partition coefficient (Wildman–Crippen LogP) is 3.99. The molecule has 2 rings (SSSR count). The first-order valence-corrected chi connectivity index (χ1v) is 8.76. The summed E-state index contributed by atoms with van der Waals surface area (Å²) < 4.78 is 45.3. The second kappa shape index (κ2) is 8.31. The standard InChI is InChI=1S/C17H14F3IN2O5/c1-16(25,9-28-12-5-2-10(21)3-6-12)15(24)22-11-4-7-14(23(26)27)13(8-11)17(18,19)20/h2-8,25H,9H2,1H3,(H,22,24)/t16-/m0/s1. The molecule has 0 aliphatic rings. The Bertz CT molecular complexity index is 885. The summed E-state index contributed by atoms with van der Waals surface area (Å²) in [5, 5.41) is 23.1. The number of carbonyl (C=O) groups excluding carboxylic acids is 1. The Balaban J connectivity index is 2.14. The summed E-state index contributed by atoms with van der Waals surface area (Å²) in [7, 11) is 0. The van der Waals surface area contributed by atoms with Crippen LogP contribution >= 0.6 is 22.6 Å². The number of anilines is 1. The van der Waals surface area contributed by atoms with Crippen molar-refractivity contribution in [2.45, 2.75) is 18.7 Å². The number of amides is 1. The summed E-state index contributed by atoms with van der Waals surface area (Å²) in [5.41, 5.74) is -5.06. The van der Waals surface area contributed by atoms with Gasteiger partial charge in [0.05, 0.1) is 4.92 Å². The number of halogens is 4. The SMILES string of the molecule is C[C@](O)(COc1ccc(I)cc1)C(=O)Nc1ccc([N+](=O)[O-])c(C(F)(F)F)c1. The lowest BCUT2D eigenvalue weighted by molar-refractivity contribution is -0.388. The largest absolute Gasteiger partial charge is 0.490 e. The smallest absolute Gasteiger partial charge is 0.423 e. The van der Waals surface area contributed by atoms with Crippen molar-refractivity contribution in [3.8, 4) is 5.75 Å². The first kappa shape index (κ1) is 21.9. The highest BCUT2D eigenvalue weighted by molar-refractivity contribution is 14.1. The van der Waals surface area contributed by atoms with Crippen molar-refractivity contribution in [1.29, 1.82) is 0 Å². The van der Waals surface area contributed by atoms with Crippen LogP contribution in [0.3, 0.4) is 0 Å². The number of rotatable bonds is 6. The number of hydrogen-bond acceptors (Lipinski definition) is 5. The fourth-order valence-electron chi connectivity index (χ4n) is 2.09. The molecule has 0 saturated carbocycles. The molecule has 0 fully saturated rings. The van der Waals surface area contributed by atoms with Gasteiger partial charge in [0.1, 0.15) is 17.9 Å². The molecular weight excluding hydrogens is 496 g/mol. The zero-order valence-electron chi connectivity index (χ0n) is 14.3. The van der Waals surface area contributed by atoms with Gasteiger partial charge in [-0.3, -0.25) is 14.9 Å². The molecular formula is C17H14F3IN2O5. The molecule has 0 heterocycles. The van der Waals surface area contributed by atoms with E-state index in [1.165, 1.54) is 0 Å². The summed E-state index contributed by atoms with van der Waals surface area (Å²) in [5.74, 6) is -0.636. The van der Waals surface area contributed by atoms with E-state index in [1.807, 2.05) is 0 Å². The fourth-order valence-corrected chi connectivity index (χ4v) is 2.45. The highest BCUT2D eigenvalue weighted by Gasteiger charge is 2.39. The minimum absolute atomic E-state index is 0.350. The van der Waals surface area contributed by atoms with Crippen LogP contribution in [0.1, 0.15) is 12.5 Å². The molecule has 2 aromatic carbocycles. The van der Waals surface area contributed by atoms with E-state index in [0.717, 1.165) is 16.6 Å². The van der Waals surface area contributed by atoms with Gasteiger partial charge in [-0.2, -0.15) is 13.2 Å². The van der Waals surface area contributed by atoms with Gasteiger partial charge in [-0.25, -0.2) is 0 Å². The topological polar surface area (TPSA) is 102 Å². The van der Waals surface area contributed by atoms with Gasteiger partial charge in [0.15, 0.2) is 5.60 Å². The van der Waals surface area contributed by atoms with Crippen LogP contribution < -0.4 is 10.1 Å². The number of ether oxygens (including phenoxy) is 1. The number of hydrogen-bond donors (Lipinski definition) is 2. The Hall–Kier alpha value is -2.41. The lowest BCUT2D eigenvalue weighted by atomic mass is 10.1. The Kier molecular flexibility index (Phi) is 6.49. The van der Waals surface area contributed by atoms with Gasteiger partial charge >= 0.3 is 6.18 Å². The van der Waals surface area contributed by atoms with Crippen LogP contribution in [0.5, 0.6) is 5.75 Å². The van der Waals surface area contributed by atoms with Crippen LogP contribution in [0.4, 0.5) is 24.5 Å². The number of alkyl halides is 3. The molecule has 0 spiro atoms. The molecule has 0 radical (unpaired) electrons. The van der Waals surface area contributed by atoms with Gasteiger partial charge in [0, 0.05) is 15.3 Å². The summed E-state index contributed by atoms with van der Waals surface area (Å²) in [6.45, 7) is 0.670. The van der Waals surface area contributed by atoms with Crippen LogP contribution in [0.25, 0.3) is 0 Å². The highest BCUT2D eigenvalue weighted by atomic mass is 127. The maximum atomic E-state index is 13.0. The number of nitro groups is 1.